The van der Waals surface area contributed by atoms with Crippen molar-refractivity contribution in [2.75, 3.05) is 19.6 Å². The lowest BCUT2D eigenvalue weighted by Crippen LogP contribution is -2.54. The summed E-state index contributed by atoms with van der Waals surface area (Å²) in [6, 6.07) is 15.0. The molecule has 2 aromatic rings. The van der Waals surface area contributed by atoms with E-state index in [-0.39, 0.29) is 17.9 Å². The number of carbonyl (C=O) groups excluding carboxylic acids is 1. The number of nitrogens with zero attached hydrogens (tertiary/aromatic N) is 3. The molecule has 2 heterocycles. The molecule has 0 radical (unpaired) electrons. The Bertz CT molecular complexity index is 948. The standard InChI is InChI=1S/C24H28N4O/c1-17-5-4-6-22(18(17)2)24-16-26-15-23(28(24)27-13-11-25-12-14-27)21-9-7-20(8-10-21)19(3)29/h4-13,23-24,26H,14-16H2,1-3H3. The Kier molecular flexibility index (Phi) is 5.60. The summed E-state index contributed by atoms with van der Waals surface area (Å²) in [4.78, 5) is 15.9. The van der Waals surface area contributed by atoms with Gasteiger partial charge in [-0.05, 0) is 43.0 Å². The number of rotatable bonds is 4. The Balaban J connectivity index is 1.75. The molecule has 0 saturated carbocycles. The molecular weight excluding hydrogens is 360 g/mol. The van der Waals surface area contributed by atoms with Crippen molar-refractivity contribution < 1.29 is 4.79 Å². The minimum absolute atomic E-state index is 0.0959. The van der Waals surface area contributed by atoms with Crippen LogP contribution in [0.15, 0.2) is 59.9 Å². The van der Waals surface area contributed by atoms with Crippen LogP contribution in [0.5, 0.6) is 0 Å². The average Bonchev–Trinajstić information content (AvgIpc) is 2.76. The summed E-state index contributed by atoms with van der Waals surface area (Å²) in [6.07, 6.45) is 5.85. The van der Waals surface area contributed by atoms with Crippen molar-refractivity contribution in [3.63, 3.8) is 0 Å². The molecule has 0 aromatic heterocycles. The Hall–Kier alpha value is -2.76. The molecular formula is C24H28N4O. The van der Waals surface area contributed by atoms with E-state index in [0.717, 1.165) is 25.2 Å². The van der Waals surface area contributed by atoms with Gasteiger partial charge in [0.05, 0.1) is 18.6 Å². The first kappa shape index (κ1) is 19.6. The number of nitrogens with one attached hydrogen (secondary N) is 1. The van der Waals surface area contributed by atoms with Crippen LogP contribution in [-0.2, 0) is 0 Å². The maximum absolute atomic E-state index is 11.7. The number of hydrogen-bond donors (Lipinski definition) is 1. The molecule has 2 aliphatic rings. The predicted molar refractivity (Wildman–Crippen MR) is 117 cm³/mol. The Morgan fingerprint density at radius 3 is 2.52 bits per heavy atom. The summed E-state index contributed by atoms with van der Waals surface area (Å²) in [5.74, 6) is 0.0959. The summed E-state index contributed by atoms with van der Waals surface area (Å²) in [6.45, 7) is 8.47. The fraction of sp³-hybridized carbons (Fsp3) is 0.333. The van der Waals surface area contributed by atoms with E-state index in [4.69, 9.17) is 0 Å². The van der Waals surface area contributed by atoms with Gasteiger partial charge in [-0.2, -0.15) is 0 Å². The summed E-state index contributed by atoms with van der Waals surface area (Å²) >= 11 is 0. The van der Waals surface area contributed by atoms with E-state index in [0.29, 0.717) is 0 Å². The van der Waals surface area contributed by atoms with Crippen molar-refractivity contribution in [1.29, 1.82) is 0 Å². The predicted octanol–water partition coefficient (Wildman–Crippen LogP) is 3.97. The first-order chi connectivity index (χ1) is 14.1. The van der Waals surface area contributed by atoms with Crippen LogP contribution in [0.3, 0.4) is 0 Å². The van der Waals surface area contributed by atoms with Gasteiger partial charge >= 0.3 is 0 Å². The van der Waals surface area contributed by atoms with E-state index < -0.39 is 0 Å². The van der Waals surface area contributed by atoms with Crippen LogP contribution in [0, 0.1) is 13.8 Å². The van der Waals surface area contributed by atoms with Crippen molar-refractivity contribution in [2.45, 2.75) is 32.9 Å². The van der Waals surface area contributed by atoms with Crippen molar-refractivity contribution in [2.24, 2.45) is 4.99 Å². The van der Waals surface area contributed by atoms with Gasteiger partial charge < -0.3 is 10.3 Å². The van der Waals surface area contributed by atoms with Gasteiger partial charge in [-0.3, -0.25) is 9.79 Å². The highest BCUT2D eigenvalue weighted by atomic mass is 16.1. The first-order valence-corrected chi connectivity index (χ1v) is 10.2. The fourth-order valence-electron chi connectivity index (χ4n) is 4.26. The van der Waals surface area contributed by atoms with Gasteiger partial charge in [0.2, 0.25) is 0 Å². The van der Waals surface area contributed by atoms with Gasteiger partial charge in [0.25, 0.3) is 0 Å². The van der Waals surface area contributed by atoms with E-state index in [1.54, 1.807) is 6.92 Å². The molecule has 5 nitrogen and oxygen atoms in total. The molecule has 2 unspecified atom stereocenters. The maximum Gasteiger partial charge on any atom is 0.159 e. The molecule has 1 fully saturated rings. The monoisotopic (exact) mass is 388 g/mol. The number of carbonyl (C=O) groups is 1. The Morgan fingerprint density at radius 2 is 1.83 bits per heavy atom. The third-order valence-electron chi connectivity index (χ3n) is 6.02. The van der Waals surface area contributed by atoms with Crippen molar-refractivity contribution >= 4 is 12.0 Å². The molecule has 29 heavy (non-hydrogen) atoms. The highest BCUT2D eigenvalue weighted by molar-refractivity contribution is 5.94. The van der Waals surface area contributed by atoms with Crippen molar-refractivity contribution in [3.05, 3.63) is 82.7 Å². The third kappa shape index (κ3) is 3.88. The van der Waals surface area contributed by atoms with Crippen LogP contribution in [-0.4, -0.2) is 41.6 Å². The molecule has 5 heteroatoms. The zero-order valence-corrected chi connectivity index (χ0v) is 17.3. The number of ketones is 1. The number of aliphatic imine (C=N–C) groups is 1. The highest BCUT2D eigenvalue weighted by Gasteiger charge is 2.36. The molecule has 0 aliphatic carbocycles. The average molecular weight is 389 g/mol. The van der Waals surface area contributed by atoms with E-state index in [9.17, 15) is 4.79 Å². The van der Waals surface area contributed by atoms with Gasteiger partial charge in [-0.1, -0.05) is 42.5 Å². The number of piperazine rings is 1. The fourth-order valence-corrected chi connectivity index (χ4v) is 4.26. The molecule has 0 bridgehead atoms. The first-order valence-electron chi connectivity index (χ1n) is 10.2. The van der Waals surface area contributed by atoms with Crippen LogP contribution in [0.2, 0.25) is 0 Å². The quantitative estimate of drug-likeness (QED) is 0.806. The number of hydrazine groups is 1. The second-order valence-electron chi connectivity index (χ2n) is 7.79. The van der Waals surface area contributed by atoms with Crippen molar-refractivity contribution in [3.8, 4) is 0 Å². The van der Waals surface area contributed by atoms with Gasteiger partial charge in [-0.15, -0.1) is 0 Å². The topological polar surface area (TPSA) is 47.9 Å². The van der Waals surface area contributed by atoms with E-state index in [1.807, 2.05) is 24.5 Å². The number of Topliss-reactive ketones (excluding diaryl/α,β-unsaturated/α-hetero) is 1. The van der Waals surface area contributed by atoms with E-state index in [1.165, 1.54) is 22.3 Å². The molecule has 2 aliphatic heterocycles. The summed E-state index contributed by atoms with van der Waals surface area (Å²) in [5.41, 5.74) is 5.95. The van der Waals surface area contributed by atoms with Gasteiger partial charge in [0, 0.05) is 37.3 Å². The minimum atomic E-state index is 0.0959. The molecule has 0 spiro atoms. The zero-order valence-electron chi connectivity index (χ0n) is 17.3. The minimum Gasteiger partial charge on any atom is -0.313 e. The normalized spacial score (nSPS) is 22.1. The van der Waals surface area contributed by atoms with E-state index in [2.05, 4.69) is 70.7 Å². The number of aryl methyl sites for hydroxylation is 1. The molecule has 4 rings (SSSR count). The second-order valence-corrected chi connectivity index (χ2v) is 7.79. The number of hydrogen-bond acceptors (Lipinski definition) is 5. The lowest BCUT2D eigenvalue weighted by Gasteiger charge is -2.48. The zero-order chi connectivity index (χ0) is 20.4. The molecule has 1 N–H and O–H groups in total. The van der Waals surface area contributed by atoms with Crippen LogP contribution in [0.4, 0.5) is 0 Å². The van der Waals surface area contributed by atoms with Crippen LogP contribution < -0.4 is 5.32 Å². The molecule has 2 aromatic carbocycles. The SMILES string of the molecule is CC(=O)c1ccc(C2CNCC(c3cccc(C)c3C)N2N2C=CN=CC2)cc1. The number of benzene rings is 2. The molecule has 0 amide bonds. The largest absolute Gasteiger partial charge is 0.313 e. The van der Waals surface area contributed by atoms with Crippen LogP contribution >= 0.6 is 0 Å². The molecule has 150 valence electrons. The van der Waals surface area contributed by atoms with E-state index >= 15 is 0 Å². The van der Waals surface area contributed by atoms with Crippen LogP contribution in [0.1, 0.15) is 51.6 Å². The van der Waals surface area contributed by atoms with Gasteiger partial charge in [-0.25, -0.2) is 5.01 Å². The highest BCUT2D eigenvalue weighted by Crippen LogP contribution is 2.37. The lowest BCUT2D eigenvalue weighted by atomic mass is 9.92. The summed E-state index contributed by atoms with van der Waals surface area (Å²) in [5, 5.41) is 8.38. The lowest BCUT2D eigenvalue weighted by molar-refractivity contribution is -0.0700. The van der Waals surface area contributed by atoms with Crippen LogP contribution in [0.25, 0.3) is 0 Å². The Labute approximate surface area is 172 Å². The summed E-state index contributed by atoms with van der Waals surface area (Å²) in [7, 11) is 0. The molecule has 1 saturated heterocycles. The summed E-state index contributed by atoms with van der Waals surface area (Å²) < 4.78 is 0. The van der Waals surface area contributed by atoms with Gasteiger partial charge in [0.15, 0.2) is 5.78 Å². The smallest absolute Gasteiger partial charge is 0.159 e. The third-order valence-corrected chi connectivity index (χ3v) is 6.02. The maximum atomic E-state index is 11.7. The Morgan fingerprint density at radius 1 is 1.07 bits per heavy atom. The second kappa shape index (κ2) is 8.31. The molecule has 2 atom stereocenters. The van der Waals surface area contributed by atoms with Gasteiger partial charge in [0.1, 0.15) is 0 Å². The van der Waals surface area contributed by atoms with Crippen molar-refractivity contribution in [1.82, 2.24) is 15.3 Å².